The fourth-order valence-corrected chi connectivity index (χ4v) is 4.71. The van der Waals surface area contributed by atoms with E-state index < -0.39 is 59.4 Å². The zero-order valence-corrected chi connectivity index (χ0v) is 24.1. The Kier molecular flexibility index (Phi) is 9.30. The molecule has 2 N–H and O–H groups in total. The van der Waals surface area contributed by atoms with Crippen LogP contribution in [0.2, 0.25) is 0 Å². The number of aryl methyl sites for hydroxylation is 1. The zero-order chi connectivity index (χ0) is 32.3. The van der Waals surface area contributed by atoms with Crippen LogP contribution in [0, 0.1) is 18.6 Å². The third kappa shape index (κ3) is 6.53. The Balaban J connectivity index is 1.66. The summed E-state index contributed by atoms with van der Waals surface area (Å²) in [5.74, 6) is -4.60. The number of alkyl halides is 3. The minimum atomic E-state index is -4.67. The molecule has 2 aromatic heterocycles. The average molecular weight is 618 g/mol. The van der Waals surface area contributed by atoms with Crippen LogP contribution in [0.3, 0.4) is 0 Å². The molecule has 0 aliphatic carbocycles. The first kappa shape index (κ1) is 32.0. The molecule has 0 aliphatic heterocycles. The van der Waals surface area contributed by atoms with Gasteiger partial charge in [-0.25, -0.2) is 18.6 Å². The number of methoxy groups -OCH3 is 1. The molecule has 232 valence electrons. The molecular formula is C30H28F5N5O4. The number of anilines is 1. The van der Waals surface area contributed by atoms with Crippen molar-refractivity contribution in [3.63, 3.8) is 0 Å². The van der Waals surface area contributed by atoms with Crippen molar-refractivity contribution in [1.29, 1.82) is 0 Å². The number of nitrogens with zero attached hydrogens (tertiary/aromatic N) is 3. The lowest BCUT2D eigenvalue weighted by Gasteiger charge is -2.22. The molecule has 4 rings (SSSR count). The molecule has 0 unspecified atom stereocenters. The Morgan fingerprint density at radius 3 is 2.36 bits per heavy atom. The Bertz CT molecular complexity index is 1770. The van der Waals surface area contributed by atoms with Gasteiger partial charge in [-0.3, -0.25) is 19.1 Å². The van der Waals surface area contributed by atoms with Crippen LogP contribution in [-0.2, 0) is 23.0 Å². The van der Waals surface area contributed by atoms with Crippen LogP contribution >= 0.6 is 0 Å². The number of nitrogens with one attached hydrogen (secondary N) is 2. The van der Waals surface area contributed by atoms with Gasteiger partial charge in [-0.15, -0.1) is 0 Å². The highest BCUT2D eigenvalue weighted by molar-refractivity contribution is 5.98. The Morgan fingerprint density at radius 2 is 1.75 bits per heavy atom. The number of halogens is 5. The van der Waals surface area contributed by atoms with Crippen LogP contribution in [0.25, 0.3) is 22.0 Å². The zero-order valence-electron chi connectivity index (χ0n) is 24.1. The van der Waals surface area contributed by atoms with Crippen molar-refractivity contribution < 1.29 is 36.3 Å². The summed E-state index contributed by atoms with van der Waals surface area (Å²) in [5.41, 5.74) is -0.238. The number of hydrogen-bond donors (Lipinski definition) is 2. The number of aromatic nitrogens is 3. The number of carbonyl (C=O) groups excluding carboxylic acids is 2. The van der Waals surface area contributed by atoms with Crippen molar-refractivity contribution in [1.82, 2.24) is 19.9 Å². The molecule has 0 radical (unpaired) electrons. The third-order valence-corrected chi connectivity index (χ3v) is 7.18. The normalized spacial score (nSPS) is 12.9. The Labute approximate surface area is 248 Å². The maximum Gasteiger partial charge on any atom is 0.408 e. The van der Waals surface area contributed by atoms with Crippen LogP contribution in [0.15, 0.2) is 53.6 Å². The summed E-state index contributed by atoms with van der Waals surface area (Å²) in [6.45, 7) is 2.94. The quantitative estimate of drug-likeness (QED) is 0.204. The SMILES string of the molecule is CC[C@@H](Nc1cc(F)c(C(=O)N[C@@H](Cc2ccc(-c3cnc(C)n(C)c3=O)c3ncccc23)C(=O)OC)c(F)c1)C(F)(F)F. The molecule has 9 nitrogen and oxygen atoms in total. The predicted molar refractivity (Wildman–Crippen MR) is 152 cm³/mol. The number of hydrogen-bond acceptors (Lipinski definition) is 7. The molecule has 14 heteroatoms. The summed E-state index contributed by atoms with van der Waals surface area (Å²) in [6, 6.07) is 4.21. The molecule has 0 saturated heterocycles. The summed E-state index contributed by atoms with van der Waals surface area (Å²) in [5, 5.41) is 4.81. The lowest BCUT2D eigenvalue weighted by molar-refractivity contribution is -0.143. The molecule has 44 heavy (non-hydrogen) atoms. The minimum Gasteiger partial charge on any atom is -0.467 e. The van der Waals surface area contributed by atoms with E-state index >= 15 is 0 Å². The highest BCUT2D eigenvalue weighted by Gasteiger charge is 2.38. The fourth-order valence-electron chi connectivity index (χ4n) is 4.71. The topological polar surface area (TPSA) is 115 Å². The molecule has 0 aliphatic rings. The number of fused-ring (bicyclic) bond motifs is 1. The summed E-state index contributed by atoms with van der Waals surface area (Å²) in [7, 11) is 2.65. The first-order valence-electron chi connectivity index (χ1n) is 13.4. The minimum absolute atomic E-state index is 0.197. The molecule has 0 bridgehead atoms. The van der Waals surface area contributed by atoms with Crippen molar-refractivity contribution in [3.05, 3.63) is 87.7 Å². The van der Waals surface area contributed by atoms with Crippen molar-refractivity contribution >= 4 is 28.5 Å². The molecule has 0 fully saturated rings. The van der Waals surface area contributed by atoms with Crippen LogP contribution < -0.4 is 16.2 Å². The van der Waals surface area contributed by atoms with Crippen molar-refractivity contribution in [2.24, 2.45) is 7.05 Å². The molecule has 0 saturated carbocycles. The van der Waals surface area contributed by atoms with E-state index in [0.717, 1.165) is 7.11 Å². The second kappa shape index (κ2) is 12.8. The van der Waals surface area contributed by atoms with Gasteiger partial charge in [0.05, 0.1) is 18.2 Å². The molecule has 2 atom stereocenters. The number of pyridine rings is 1. The van der Waals surface area contributed by atoms with Gasteiger partial charge in [0.15, 0.2) is 0 Å². The van der Waals surface area contributed by atoms with E-state index in [1.807, 2.05) is 5.32 Å². The van der Waals surface area contributed by atoms with E-state index in [4.69, 9.17) is 4.74 Å². The predicted octanol–water partition coefficient (Wildman–Crippen LogP) is 4.85. The van der Waals surface area contributed by atoms with Gasteiger partial charge in [0.25, 0.3) is 11.5 Å². The van der Waals surface area contributed by atoms with Gasteiger partial charge in [-0.1, -0.05) is 25.1 Å². The third-order valence-electron chi connectivity index (χ3n) is 7.18. The highest BCUT2D eigenvalue weighted by atomic mass is 19.4. The molecule has 2 aromatic carbocycles. The second-order valence-electron chi connectivity index (χ2n) is 9.97. The van der Waals surface area contributed by atoms with Crippen LogP contribution in [0.1, 0.15) is 35.1 Å². The first-order valence-corrected chi connectivity index (χ1v) is 13.4. The average Bonchev–Trinajstić information content (AvgIpc) is 2.97. The Morgan fingerprint density at radius 1 is 1.07 bits per heavy atom. The number of carbonyl (C=O) groups is 2. The van der Waals surface area contributed by atoms with E-state index in [0.29, 0.717) is 40.0 Å². The standard InChI is InChI=1S/C30H28F5N5O4/c1-5-24(30(33,34)35)38-17-12-21(31)25(22(32)13-17)27(41)39-23(29(43)44-4)11-16-8-9-19(26-18(16)7-6-10-36-26)20-14-37-15(2)40(3)28(20)42/h6-10,12-14,23-24,38H,5,11H2,1-4H3,(H,39,41)/t23-,24+/m0/s1. The number of rotatable bonds is 9. The molecular weight excluding hydrogens is 589 g/mol. The molecule has 1 amide bonds. The van der Waals surface area contributed by atoms with Crippen molar-refractivity contribution in [2.45, 2.75) is 44.9 Å². The van der Waals surface area contributed by atoms with Gasteiger partial charge in [-0.2, -0.15) is 13.2 Å². The van der Waals surface area contributed by atoms with E-state index in [9.17, 15) is 36.3 Å². The van der Waals surface area contributed by atoms with Gasteiger partial charge in [0.1, 0.15) is 35.1 Å². The summed E-state index contributed by atoms with van der Waals surface area (Å²) >= 11 is 0. The van der Waals surface area contributed by atoms with Gasteiger partial charge < -0.3 is 15.4 Å². The molecule has 4 aromatic rings. The first-order chi connectivity index (χ1) is 20.8. The van der Waals surface area contributed by atoms with Crippen LogP contribution in [0.4, 0.5) is 27.6 Å². The van der Waals surface area contributed by atoms with Gasteiger partial charge in [0, 0.05) is 42.5 Å². The van der Waals surface area contributed by atoms with Crippen LogP contribution in [-0.4, -0.2) is 51.8 Å². The number of amides is 1. The van der Waals surface area contributed by atoms with Crippen molar-refractivity contribution in [3.8, 4) is 11.1 Å². The second-order valence-corrected chi connectivity index (χ2v) is 9.97. The Hall–Kier alpha value is -4.88. The highest BCUT2D eigenvalue weighted by Crippen LogP contribution is 2.30. The largest absolute Gasteiger partial charge is 0.467 e. The molecule has 0 spiro atoms. The van der Waals surface area contributed by atoms with Gasteiger partial charge in [0.2, 0.25) is 0 Å². The summed E-state index contributed by atoms with van der Waals surface area (Å²) in [4.78, 5) is 47.3. The van der Waals surface area contributed by atoms with Crippen LogP contribution in [0.5, 0.6) is 0 Å². The van der Waals surface area contributed by atoms with E-state index in [-0.39, 0.29) is 17.5 Å². The maximum absolute atomic E-state index is 14.9. The van der Waals surface area contributed by atoms with Crippen molar-refractivity contribution in [2.75, 3.05) is 12.4 Å². The summed E-state index contributed by atoms with van der Waals surface area (Å²) in [6.07, 6.45) is -2.32. The lowest BCUT2D eigenvalue weighted by atomic mass is 9.96. The van der Waals surface area contributed by atoms with E-state index in [1.165, 1.54) is 23.9 Å². The lowest BCUT2D eigenvalue weighted by Crippen LogP contribution is -2.43. The van der Waals surface area contributed by atoms with Gasteiger partial charge in [-0.05, 0) is 37.1 Å². The number of esters is 1. The molecule has 2 heterocycles. The number of ether oxygens (including phenoxy) is 1. The maximum atomic E-state index is 14.9. The van der Waals surface area contributed by atoms with Gasteiger partial charge >= 0.3 is 12.1 Å². The van der Waals surface area contributed by atoms with E-state index in [1.54, 1.807) is 38.2 Å². The fraction of sp³-hybridized carbons (Fsp3) is 0.300. The summed E-state index contributed by atoms with van der Waals surface area (Å²) < 4.78 is 75.3. The monoisotopic (exact) mass is 617 g/mol. The smallest absolute Gasteiger partial charge is 0.408 e. The van der Waals surface area contributed by atoms with E-state index in [2.05, 4.69) is 15.3 Å². The number of benzene rings is 2.